The number of carbonyl (C=O) groups excluding carboxylic acids is 3. The average molecular weight is 955 g/mol. The van der Waals surface area contributed by atoms with Crippen molar-refractivity contribution in [3.05, 3.63) is 36.5 Å². The van der Waals surface area contributed by atoms with Gasteiger partial charge in [0.2, 0.25) is 0 Å². The number of aliphatic hydroxyl groups excluding tert-OH is 4. The lowest BCUT2D eigenvalue weighted by molar-refractivity contribution is -0.216. The van der Waals surface area contributed by atoms with Gasteiger partial charge in [-0.25, -0.2) is 9.13 Å². The molecule has 0 heterocycles. The van der Waals surface area contributed by atoms with Crippen LogP contribution in [-0.4, -0.2) is 109 Å². The van der Waals surface area contributed by atoms with Crippen LogP contribution in [0.4, 0.5) is 0 Å². The third-order valence-electron chi connectivity index (χ3n) is 10.7. The molecule has 19 heteroatoms. The Bertz CT molecular complexity index is 1450. The topological polar surface area (TPSA) is 273 Å². The summed E-state index contributed by atoms with van der Waals surface area (Å²) in [7, 11) is -10.7. The smallest absolute Gasteiger partial charge is 0.462 e. The molecule has 0 amide bonds. The molecule has 7 N–H and O–H groups in total. The number of hydrogen-bond donors (Lipinski definition) is 7. The molecule has 1 fully saturated rings. The molecule has 0 aromatic carbocycles. The molecule has 0 bridgehead atoms. The number of allylic oxidation sites excluding steroid dienone is 6. The number of ether oxygens (including phenoxy) is 2. The highest BCUT2D eigenvalue weighted by atomic mass is 31.2. The fourth-order valence-electron chi connectivity index (χ4n) is 7.01. The second kappa shape index (κ2) is 36.0. The van der Waals surface area contributed by atoms with E-state index in [0.717, 1.165) is 89.9 Å². The first kappa shape index (κ1) is 59.9. The van der Waals surface area contributed by atoms with E-state index in [1.165, 1.54) is 38.5 Å². The molecule has 1 rings (SSSR count). The molecule has 1 aliphatic rings. The number of phosphoric ester groups is 2. The summed E-state index contributed by atoms with van der Waals surface area (Å²) in [6, 6.07) is 0. The van der Waals surface area contributed by atoms with Crippen molar-refractivity contribution in [1.82, 2.24) is 0 Å². The molecular weight excluding hydrogens is 874 g/mol. The third-order valence-corrected chi connectivity index (χ3v) is 12.2. The number of esters is 2. The molecule has 0 aromatic rings. The zero-order valence-electron chi connectivity index (χ0n) is 38.2. The fourth-order valence-corrected chi connectivity index (χ4v) is 8.55. The van der Waals surface area contributed by atoms with Gasteiger partial charge in [-0.15, -0.1) is 0 Å². The van der Waals surface area contributed by atoms with Gasteiger partial charge in [0.25, 0.3) is 0 Å². The van der Waals surface area contributed by atoms with Gasteiger partial charge in [-0.1, -0.05) is 134 Å². The third kappa shape index (κ3) is 30.2. The van der Waals surface area contributed by atoms with E-state index in [1.54, 1.807) is 12.2 Å². The van der Waals surface area contributed by atoms with Gasteiger partial charge in [0.15, 0.2) is 11.9 Å². The molecule has 0 aromatic heterocycles. The van der Waals surface area contributed by atoms with Crippen LogP contribution in [0.3, 0.4) is 0 Å². The van der Waals surface area contributed by atoms with Gasteiger partial charge in [-0.3, -0.25) is 28.0 Å². The molecular formula is C45H80O17P2. The minimum atomic E-state index is -5.37. The Hall–Kier alpha value is -2.11. The van der Waals surface area contributed by atoms with Crippen molar-refractivity contribution in [2.75, 3.05) is 13.2 Å². The molecule has 372 valence electrons. The van der Waals surface area contributed by atoms with Crippen LogP contribution in [0.15, 0.2) is 36.5 Å². The van der Waals surface area contributed by atoms with Crippen molar-refractivity contribution in [2.45, 2.75) is 217 Å². The highest BCUT2D eigenvalue weighted by Gasteiger charge is 2.54. The van der Waals surface area contributed by atoms with Crippen molar-refractivity contribution in [2.24, 2.45) is 0 Å². The second-order valence-corrected chi connectivity index (χ2v) is 19.1. The van der Waals surface area contributed by atoms with E-state index in [-0.39, 0.29) is 18.6 Å². The lowest BCUT2D eigenvalue weighted by Crippen LogP contribution is -2.64. The molecule has 1 saturated carbocycles. The summed E-state index contributed by atoms with van der Waals surface area (Å²) in [5, 5.41) is 41.2. The summed E-state index contributed by atoms with van der Waals surface area (Å²) in [6.07, 6.45) is 19.4. The van der Waals surface area contributed by atoms with Gasteiger partial charge in [0, 0.05) is 19.3 Å². The maximum absolute atomic E-state index is 13.0. The van der Waals surface area contributed by atoms with Crippen LogP contribution >= 0.6 is 15.6 Å². The Balaban J connectivity index is 2.62. The normalized spacial score (nSPS) is 22.0. The summed E-state index contributed by atoms with van der Waals surface area (Å²) in [6.45, 7) is 2.84. The van der Waals surface area contributed by atoms with E-state index in [2.05, 4.69) is 30.5 Å². The van der Waals surface area contributed by atoms with Gasteiger partial charge in [0.1, 0.15) is 43.2 Å². The zero-order valence-corrected chi connectivity index (χ0v) is 40.0. The highest BCUT2D eigenvalue weighted by Crippen LogP contribution is 2.49. The first-order valence-electron chi connectivity index (χ1n) is 23.5. The van der Waals surface area contributed by atoms with Crippen LogP contribution in [0.5, 0.6) is 0 Å². The standard InChI is InChI=1S/C45H80O17P2/c1-3-5-7-8-9-10-11-12-13-14-15-18-21-24-28-32-38(47)58-34-37(60-39(48)33-29-25-22-19-16-17-20-23-27-31-36(46)30-26-6-4-2)35-59-64(56,57)62-45-42(51)40(49)41(50)44(43(45)52)61-63(53,54)55/h5,7,20,23,27,31,37,40-45,49-52H,3-4,6,8-19,21-22,24-26,28-30,32-35H2,1-2H3,(H,56,57)(H2,53,54,55)/b7-5-,23-20-,31-27+/t37-,40?,41?,42?,43?,44-,45+/m1/s1. The Morgan fingerprint density at radius 2 is 1.05 bits per heavy atom. The maximum Gasteiger partial charge on any atom is 0.472 e. The van der Waals surface area contributed by atoms with E-state index in [1.807, 2.05) is 12.2 Å². The minimum Gasteiger partial charge on any atom is -0.462 e. The minimum absolute atomic E-state index is 0.00666. The summed E-state index contributed by atoms with van der Waals surface area (Å²) in [5.41, 5.74) is 0. The van der Waals surface area contributed by atoms with Crippen LogP contribution < -0.4 is 0 Å². The van der Waals surface area contributed by atoms with Crippen molar-refractivity contribution in [3.8, 4) is 0 Å². The number of hydrogen-bond acceptors (Lipinski definition) is 14. The van der Waals surface area contributed by atoms with Gasteiger partial charge in [-0.05, 0) is 57.4 Å². The van der Waals surface area contributed by atoms with E-state index >= 15 is 0 Å². The van der Waals surface area contributed by atoms with Crippen molar-refractivity contribution < 1.29 is 81.7 Å². The molecule has 0 aliphatic heterocycles. The highest BCUT2D eigenvalue weighted by molar-refractivity contribution is 7.47. The van der Waals surface area contributed by atoms with E-state index in [9.17, 15) is 48.8 Å². The fraction of sp³-hybridized carbons (Fsp3) is 0.800. The van der Waals surface area contributed by atoms with Crippen LogP contribution in [0.2, 0.25) is 0 Å². The molecule has 0 spiro atoms. The largest absolute Gasteiger partial charge is 0.472 e. The number of ketones is 1. The quantitative estimate of drug-likeness (QED) is 0.00770. The van der Waals surface area contributed by atoms with Gasteiger partial charge in [-0.2, -0.15) is 0 Å². The predicted octanol–water partition coefficient (Wildman–Crippen LogP) is 7.91. The van der Waals surface area contributed by atoms with E-state index in [4.69, 9.17) is 28.3 Å². The summed E-state index contributed by atoms with van der Waals surface area (Å²) in [4.78, 5) is 66.0. The Morgan fingerprint density at radius 3 is 1.59 bits per heavy atom. The Kier molecular flexibility index (Phi) is 33.7. The number of rotatable bonds is 39. The summed E-state index contributed by atoms with van der Waals surface area (Å²) >= 11 is 0. The van der Waals surface area contributed by atoms with Crippen molar-refractivity contribution >= 4 is 33.4 Å². The Labute approximate surface area is 380 Å². The predicted molar refractivity (Wildman–Crippen MR) is 242 cm³/mol. The first-order valence-corrected chi connectivity index (χ1v) is 26.5. The van der Waals surface area contributed by atoms with Gasteiger partial charge in [0.05, 0.1) is 6.61 Å². The number of aliphatic hydroxyl groups is 4. The van der Waals surface area contributed by atoms with Crippen molar-refractivity contribution in [3.63, 3.8) is 0 Å². The second-order valence-electron chi connectivity index (χ2n) is 16.5. The lowest BCUT2D eigenvalue weighted by atomic mass is 9.85. The maximum atomic E-state index is 13.0. The van der Waals surface area contributed by atoms with E-state index < -0.39 is 83.5 Å². The lowest BCUT2D eigenvalue weighted by Gasteiger charge is -2.43. The van der Waals surface area contributed by atoms with Crippen molar-refractivity contribution in [1.29, 1.82) is 0 Å². The van der Waals surface area contributed by atoms with Crippen LogP contribution in [0, 0.1) is 0 Å². The number of unbranched alkanes of at least 4 members (excludes halogenated alkanes) is 18. The summed E-state index contributed by atoms with van der Waals surface area (Å²) < 4.78 is 49.3. The Morgan fingerprint density at radius 1 is 0.547 bits per heavy atom. The van der Waals surface area contributed by atoms with Crippen LogP contribution in [0.1, 0.15) is 174 Å². The van der Waals surface area contributed by atoms with Crippen LogP contribution in [-0.2, 0) is 46.6 Å². The molecule has 8 atom stereocenters. The SMILES string of the molecule is CC/C=C\CCCCCCCCCCCCCC(=O)OC[C@H](COP(=O)(O)O[C@H]1C(O)C(O)C(O)[C@@H](OP(=O)(O)O)C1O)OC(=O)CCCCCCC/C=C\C=C\C(=O)CCCCC. The van der Waals surface area contributed by atoms with E-state index in [0.29, 0.717) is 19.3 Å². The van der Waals surface area contributed by atoms with Gasteiger partial charge < -0.3 is 44.6 Å². The molecule has 64 heavy (non-hydrogen) atoms. The summed E-state index contributed by atoms with van der Waals surface area (Å²) in [5.74, 6) is -1.14. The number of phosphoric acid groups is 2. The average Bonchev–Trinajstić information content (AvgIpc) is 3.24. The zero-order chi connectivity index (χ0) is 47.6. The molecule has 0 saturated heterocycles. The van der Waals surface area contributed by atoms with Crippen LogP contribution in [0.25, 0.3) is 0 Å². The molecule has 1 aliphatic carbocycles. The molecule has 5 unspecified atom stereocenters. The monoisotopic (exact) mass is 954 g/mol. The molecule has 17 nitrogen and oxygen atoms in total. The van der Waals surface area contributed by atoms with Gasteiger partial charge >= 0.3 is 27.6 Å². The number of carbonyl (C=O) groups is 3. The molecule has 0 radical (unpaired) electrons. The first-order chi connectivity index (χ1) is 30.5.